The third-order valence-electron chi connectivity index (χ3n) is 19.2. The molecule has 6 aliphatic rings. The number of carbonyl (C=O) groups is 5. The van der Waals surface area contributed by atoms with Crippen LogP contribution in [0, 0.1) is 16.7 Å². The summed E-state index contributed by atoms with van der Waals surface area (Å²) in [4.78, 5) is 79.2. The number of likely N-dealkylation sites (N-methyl/N-ethyl adjacent to an activating group) is 1. The number of aromatic nitrogens is 1. The van der Waals surface area contributed by atoms with E-state index in [-0.39, 0.29) is 70.5 Å². The lowest BCUT2D eigenvalue weighted by Gasteiger charge is -2.63. The molecule has 2 amide bonds. The van der Waals surface area contributed by atoms with Crippen LogP contribution in [0.1, 0.15) is 103 Å². The highest BCUT2D eigenvalue weighted by Crippen LogP contribution is 2.69. The van der Waals surface area contributed by atoms with Gasteiger partial charge in [0.25, 0.3) is 5.91 Å². The van der Waals surface area contributed by atoms with Crippen molar-refractivity contribution >= 4 is 40.6 Å². The topological polar surface area (TPSA) is 260 Å². The number of aromatic amines is 1. The van der Waals surface area contributed by atoms with Gasteiger partial charge >= 0.3 is 17.9 Å². The number of likely N-dealkylation sites (tertiary alicyclic amines) is 1. The molecule has 6 heterocycles. The Morgan fingerprint density at radius 3 is 2.43 bits per heavy atom. The van der Waals surface area contributed by atoms with Gasteiger partial charge in [0, 0.05) is 113 Å². The van der Waals surface area contributed by atoms with Crippen molar-refractivity contribution in [3.8, 4) is 0 Å². The lowest BCUT2D eigenvalue weighted by molar-refractivity contribution is -0.222. The van der Waals surface area contributed by atoms with Gasteiger partial charge in [-0.25, -0.2) is 4.79 Å². The lowest BCUT2D eigenvalue weighted by atomic mass is 9.47. The first-order chi connectivity index (χ1) is 40.2. The second kappa shape index (κ2) is 27.1. The number of nitrogens with one attached hydrogen (secondary N) is 3. The van der Waals surface area contributed by atoms with E-state index in [0.29, 0.717) is 94.8 Å². The van der Waals surface area contributed by atoms with Crippen molar-refractivity contribution in [2.75, 3.05) is 101 Å². The highest BCUT2D eigenvalue weighted by Gasteiger charge is 2.79. The number of hydrogen-bond donors (Lipinski definition) is 6. The number of piperidine rings is 1. The quantitative estimate of drug-likeness (QED) is 0.0254. The largest absolute Gasteiger partial charge is 0.468 e. The van der Waals surface area contributed by atoms with Crippen LogP contribution < -0.4 is 10.6 Å². The summed E-state index contributed by atoms with van der Waals surface area (Å²) in [6.45, 7) is 15.5. The Hall–Kier alpha value is -5.49. The predicted octanol–water partition coefficient (Wildman–Crippen LogP) is 4.13. The minimum absolute atomic E-state index is 0.0400. The van der Waals surface area contributed by atoms with Gasteiger partial charge < -0.3 is 69.0 Å². The lowest BCUT2D eigenvalue weighted by Crippen LogP contribution is -2.80. The maximum Gasteiger partial charge on any atom is 0.328 e. The Morgan fingerprint density at radius 1 is 0.952 bits per heavy atom. The van der Waals surface area contributed by atoms with E-state index < -0.39 is 87.7 Å². The molecule has 2 aromatic rings. The molecule has 2 bridgehead atoms. The summed E-state index contributed by atoms with van der Waals surface area (Å²) in [7, 11) is 7.83. The number of nitrogens with zero attached hydrogens (tertiary/aromatic N) is 3. The maximum absolute atomic E-state index is 15.4. The standard InChI is InChI=1S/C63H92N6O15/c1-11-43(37-79-8)84-51(80-9)38-83-50(71)22-16-21-49(70)65-41(5)53(72)82-31-18-27-64-57(74)63(77)55-61(26-30-69-28-17-25-60(13-3,54(61)69)56(63)73)46(48(67(55)6)24-32-78-7)33-40(4)62(58(75)81-10)35-42-34-59(76,12-2)39-68(36-42)29-23-45-44-19-14-15-20-47(44)66-52(45)62/h14-15,17,19-20,24-25,33,41-43,51,54-56,66,73,76-77H,4,11-13,16,18,21-23,26-32,34-39H2,1-3,5-10H3,(H,64,74)(H,65,70)/b46-33+,48-24+/t41-,42-,43?,51?,54?,55?,56-,59?,60-,61-,62+,63+/m1/s1. The zero-order chi connectivity index (χ0) is 60.8. The monoisotopic (exact) mass is 1170 g/mol. The maximum atomic E-state index is 15.4. The fourth-order valence-corrected chi connectivity index (χ4v) is 15.2. The highest BCUT2D eigenvalue weighted by atomic mass is 16.7. The van der Waals surface area contributed by atoms with E-state index in [1.807, 2.05) is 75.2 Å². The van der Waals surface area contributed by atoms with Crippen LogP contribution in [0.25, 0.3) is 10.9 Å². The summed E-state index contributed by atoms with van der Waals surface area (Å²) in [6.07, 6.45) is 8.94. The van der Waals surface area contributed by atoms with Gasteiger partial charge in [-0.3, -0.25) is 29.0 Å². The van der Waals surface area contributed by atoms with E-state index in [2.05, 4.69) is 31.5 Å². The molecule has 1 spiro atoms. The van der Waals surface area contributed by atoms with Gasteiger partial charge in [-0.05, 0) is 106 Å². The second-order valence-corrected chi connectivity index (χ2v) is 24.1. The Labute approximate surface area is 494 Å². The van der Waals surface area contributed by atoms with Crippen molar-refractivity contribution in [3.63, 3.8) is 0 Å². The van der Waals surface area contributed by atoms with Crippen molar-refractivity contribution in [3.05, 3.63) is 83.2 Å². The molecular formula is C63H92N6O15. The molecule has 21 heteroatoms. The predicted molar refractivity (Wildman–Crippen MR) is 313 cm³/mol. The molecule has 84 heavy (non-hydrogen) atoms. The van der Waals surface area contributed by atoms with Gasteiger partial charge in [-0.1, -0.05) is 63.8 Å². The molecule has 4 fully saturated rings. The molecule has 13 atom stereocenters. The fraction of sp³-hybridized carbons (Fsp3) is 0.667. The van der Waals surface area contributed by atoms with E-state index in [9.17, 15) is 29.7 Å². The van der Waals surface area contributed by atoms with Crippen molar-refractivity contribution in [1.82, 2.24) is 30.3 Å². The summed E-state index contributed by atoms with van der Waals surface area (Å²) in [5.74, 6) is -3.14. The fourth-order valence-electron chi connectivity index (χ4n) is 15.2. The first-order valence-electron chi connectivity index (χ1n) is 30.1. The van der Waals surface area contributed by atoms with Crippen LogP contribution in [0.3, 0.4) is 0 Å². The number of para-hydroxylation sites is 1. The molecule has 0 radical (unpaired) electrons. The Kier molecular flexibility index (Phi) is 20.8. The number of aliphatic hydroxyl groups is 3. The number of amides is 2. The zero-order valence-corrected chi connectivity index (χ0v) is 50.8. The molecule has 1 aromatic carbocycles. The van der Waals surface area contributed by atoms with E-state index in [1.165, 1.54) is 21.1 Å². The van der Waals surface area contributed by atoms with Crippen molar-refractivity contribution in [1.29, 1.82) is 0 Å². The van der Waals surface area contributed by atoms with E-state index in [1.54, 1.807) is 14.2 Å². The first kappa shape index (κ1) is 64.5. The van der Waals surface area contributed by atoms with Crippen molar-refractivity contribution < 1.29 is 72.5 Å². The second-order valence-electron chi connectivity index (χ2n) is 24.1. The number of allylic oxidation sites excluding steroid dienone is 2. The van der Waals surface area contributed by atoms with Crippen LogP contribution in [0.2, 0.25) is 0 Å². The molecule has 3 saturated heterocycles. The number of aliphatic hydroxyl groups excluding tert-OH is 1. The summed E-state index contributed by atoms with van der Waals surface area (Å²) >= 11 is 0. The number of hydrogen-bond acceptors (Lipinski definition) is 18. The molecule has 464 valence electrons. The van der Waals surface area contributed by atoms with Crippen LogP contribution in [-0.4, -0.2) is 214 Å². The Bertz CT molecular complexity index is 2820. The van der Waals surface area contributed by atoms with Gasteiger partial charge in [-0.15, -0.1) is 0 Å². The average Bonchev–Trinajstić information content (AvgIpc) is 1.44. The van der Waals surface area contributed by atoms with Gasteiger partial charge in [0.2, 0.25) is 5.91 Å². The number of H-pyrrole nitrogens is 1. The van der Waals surface area contributed by atoms with Crippen LogP contribution >= 0.6 is 0 Å². The molecule has 5 unspecified atom stereocenters. The first-order valence-corrected chi connectivity index (χ1v) is 30.1. The minimum atomic E-state index is -2.45. The van der Waals surface area contributed by atoms with E-state index in [4.69, 9.17) is 39.7 Å². The Balaban J connectivity index is 1.03. The van der Waals surface area contributed by atoms with Gasteiger partial charge in [-0.2, -0.15) is 0 Å². The SMILES string of the molecule is C=C(/C=C1\C(=C/COC)N(C)C2[C@]13CCN1CC=C[C@](CC)(C13)[C@@H](O)[C@]2(O)C(=O)NCCCOC(=O)[C@@H](C)NC(=O)CCCC(=O)OCC(OC)OC(CC)COC)[C@@]1(C(=O)OC)C[C@@H]2C[N@](CCc3c1[nH]c1ccccc31)CC(O)(CC)C2. The molecule has 8 rings (SSSR count). The summed E-state index contributed by atoms with van der Waals surface area (Å²) in [6, 6.07) is 5.54. The number of methoxy groups -OCH3 is 4. The Morgan fingerprint density at radius 2 is 1.73 bits per heavy atom. The van der Waals surface area contributed by atoms with Gasteiger partial charge in [0.05, 0.1) is 44.7 Å². The van der Waals surface area contributed by atoms with Crippen molar-refractivity contribution in [2.24, 2.45) is 16.7 Å². The summed E-state index contributed by atoms with van der Waals surface area (Å²) < 4.78 is 38.6. The number of carbonyl (C=O) groups excluding carboxylic acids is 5. The number of fused-ring (bicyclic) bond motifs is 5. The number of rotatable bonds is 26. The highest BCUT2D eigenvalue weighted by molar-refractivity contribution is 5.94. The van der Waals surface area contributed by atoms with Gasteiger partial charge in [0.1, 0.15) is 24.2 Å². The van der Waals surface area contributed by atoms with Crippen LogP contribution in [0.4, 0.5) is 0 Å². The summed E-state index contributed by atoms with van der Waals surface area (Å²) in [5, 5.41) is 45.3. The third-order valence-corrected chi connectivity index (χ3v) is 19.2. The van der Waals surface area contributed by atoms with E-state index in [0.717, 1.165) is 22.0 Å². The number of esters is 3. The number of benzene rings is 1. The molecule has 1 aliphatic carbocycles. The summed E-state index contributed by atoms with van der Waals surface area (Å²) in [5.41, 5.74) is -2.70. The smallest absolute Gasteiger partial charge is 0.328 e. The molecule has 6 N–H and O–H groups in total. The van der Waals surface area contributed by atoms with Crippen LogP contribution in [-0.2, 0) is 69.0 Å². The van der Waals surface area contributed by atoms with Crippen LogP contribution in [0.5, 0.6) is 0 Å². The zero-order valence-electron chi connectivity index (χ0n) is 50.8. The third kappa shape index (κ3) is 12.0. The minimum Gasteiger partial charge on any atom is -0.468 e. The van der Waals surface area contributed by atoms with Gasteiger partial charge in [0.15, 0.2) is 11.9 Å². The molecule has 5 aliphatic heterocycles. The van der Waals surface area contributed by atoms with Crippen LogP contribution in [0.15, 0.2) is 72.0 Å². The van der Waals surface area contributed by atoms with E-state index >= 15 is 9.59 Å². The number of ether oxygens (including phenoxy) is 7. The average molecular weight is 1170 g/mol. The molecule has 1 aromatic heterocycles. The molecule has 1 saturated carbocycles. The van der Waals surface area contributed by atoms with Crippen molar-refractivity contribution in [2.45, 2.75) is 152 Å². The molecular weight excluding hydrogens is 1080 g/mol. The normalized spacial score (nSPS) is 31.9. The molecule has 21 nitrogen and oxygen atoms in total.